The number of ether oxygens (including phenoxy) is 2. The molecular weight excluding hydrogens is 288 g/mol. The van der Waals surface area contributed by atoms with Gasteiger partial charge in [0.2, 0.25) is 0 Å². The number of hydrogen-bond acceptors (Lipinski definition) is 6. The second-order valence-electron chi connectivity index (χ2n) is 4.00. The fourth-order valence-corrected chi connectivity index (χ4v) is 2.08. The van der Waals surface area contributed by atoms with Crippen LogP contribution in [0.2, 0.25) is 0 Å². The molecule has 0 amide bonds. The van der Waals surface area contributed by atoms with Crippen molar-refractivity contribution in [3.05, 3.63) is 52.0 Å². The lowest BCUT2D eigenvalue weighted by atomic mass is 10.1. The predicted octanol–water partition coefficient (Wildman–Crippen LogP) is 2.80. The summed E-state index contributed by atoms with van der Waals surface area (Å²) in [6, 6.07) is 8.87. The summed E-state index contributed by atoms with van der Waals surface area (Å²) >= 11 is 1.52. The summed E-state index contributed by atoms with van der Waals surface area (Å²) in [4.78, 5) is 15.4. The Bertz CT molecular complexity index is 670. The SMILES string of the molecule is COC(=O)/C(C#N)=C/c1ccc(OCc2cscn2)cc1. The Labute approximate surface area is 126 Å². The third-order valence-corrected chi connectivity index (χ3v) is 3.22. The Balaban J connectivity index is 2.03. The topological polar surface area (TPSA) is 72.2 Å². The number of nitrogens with zero attached hydrogens (tertiary/aromatic N) is 2. The fourth-order valence-electron chi connectivity index (χ4n) is 1.54. The lowest BCUT2D eigenvalue weighted by Gasteiger charge is -2.04. The number of rotatable bonds is 5. The van der Waals surface area contributed by atoms with E-state index >= 15 is 0 Å². The summed E-state index contributed by atoms with van der Waals surface area (Å²) in [6.45, 7) is 0.407. The highest BCUT2D eigenvalue weighted by Gasteiger charge is 2.08. The molecule has 0 saturated heterocycles. The zero-order valence-electron chi connectivity index (χ0n) is 11.3. The second kappa shape index (κ2) is 7.22. The first-order valence-corrected chi connectivity index (χ1v) is 6.97. The standard InChI is InChI=1S/C15H12N2O3S/c1-19-15(18)12(7-16)6-11-2-4-14(5-3-11)20-8-13-9-21-10-17-13/h2-6,9-10H,8H2,1H3/b12-6+. The maximum absolute atomic E-state index is 11.3. The molecule has 0 aliphatic heterocycles. The molecule has 1 heterocycles. The lowest BCUT2D eigenvalue weighted by Crippen LogP contribution is -2.02. The smallest absolute Gasteiger partial charge is 0.348 e. The van der Waals surface area contributed by atoms with Crippen LogP contribution < -0.4 is 4.74 Å². The van der Waals surface area contributed by atoms with E-state index in [1.54, 1.807) is 29.8 Å². The molecule has 6 heteroatoms. The highest BCUT2D eigenvalue weighted by molar-refractivity contribution is 7.07. The van der Waals surface area contributed by atoms with Crippen molar-refractivity contribution in [1.82, 2.24) is 4.98 Å². The molecule has 0 atom stereocenters. The van der Waals surface area contributed by atoms with E-state index in [0.717, 1.165) is 11.3 Å². The fraction of sp³-hybridized carbons (Fsp3) is 0.133. The van der Waals surface area contributed by atoms with Crippen molar-refractivity contribution in [2.45, 2.75) is 6.61 Å². The largest absolute Gasteiger partial charge is 0.487 e. The maximum atomic E-state index is 11.3. The minimum Gasteiger partial charge on any atom is -0.487 e. The molecule has 0 unspecified atom stereocenters. The molecule has 0 N–H and O–H groups in total. The molecule has 21 heavy (non-hydrogen) atoms. The molecular formula is C15H12N2O3S. The van der Waals surface area contributed by atoms with E-state index < -0.39 is 5.97 Å². The van der Waals surface area contributed by atoms with Crippen LogP contribution in [0.15, 0.2) is 40.7 Å². The Kier molecular flexibility index (Phi) is 5.07. The van der Waals surface area contributed by atoms with Crippen molar-refractivity contribution >= 4 is 23.4 Å². The van der Waals surface area contributed by atoms with Crippen LogP contribution in [0.4, 0.5) is 0 Å². The number of hydrogen-bond donors (Lipinski definition) is 0. The van der Waals surface area contributed by atoms with Crippen LogP contribution in [-0.4, -0.2) is 18.1 Å². The van der Waals surface area contributed by atoms with Crippen LogP contribution in [0.5, 0.6) is 5.75 Å². The molecule has 2 aromatic rings. The first-order chi connectivity index (χ1) is 10.2. The molecule has 5 nitrogen and oxygen atoms in total. The average Bonchev–Trinajstić information content (AvgIpc) is 3.04. The van der Waals surface area contributed by atoms with Gasteiger partial charge in [0.25, 0.3) is 0 Å². The minimum absolute atomic E-state index is 0.0476. The molecule has 0 bridgehead atoms. The quantitative estimate of drug-likeness (QED) is 0.482. The number of carbonyl (C=O) groups excluding carboxylic acids is 1. The summed E-state index contributed by atoms with van der Waals surface area (Å²) in [5.74, 6) is 0.0399. The van der Waals surface area contributed by atoms with Crippen LogP contribution in [-0.2, 0) is 16.1 Å². The second-order valence-corrected chi connectivity index (χ2v) is 4.72. The molecule has 1 aromatic carbocycles. The van der Waals surface area contributed by atoms with Crippen LogP contribution >= 0.6 is 11.3 Å². The third-order valence-electron chi connectivity index (χ3n) is 2.59. The van der Waals surface area contributed by atoms with Gasteiger partial charge in [-0.25, -0.2) is 9.78 Å². The minimum atomic E-state index is -0.652. The Hall–Kier alpha value is -2.65. The molecule has 0 saturated carbocycles. The first-order valence-electron chi connectivity index (χ1n) is 6.03. The van der Waals surface area contributed by atoms with E-state index in [-0.39, 0.29) is 5.57 Å². The van der Waals surface area contributed by atoms with Crippen molar-refractivity contribution in [2.24, 2.45) is 0 Å². The Morgan fingerprint density at radius 2 is 2.19 bits per heavy atom. The first kappa shape index (κ1) is 14.8. The van der Waals surface area contributed by atoms with Gasteiger partial charge in [-0.2, -0.15) is 5.26 Å². The number of carbonyl (C=O) groups is 1. The van der Waals surface area contributed by atoms with Crippen molar-refractivity contribution < 1.29 is 14.3 Å². The van der Waals surface area contributed by atoms with Gasteiger partial charge in [-0.05, 0) is 23.8 Å². The summed E-state index contributed by atoms with van der Waals surface area (Å²) < 4.78 is 10.1. The molecule has 0 fully saturated rings. The third kappa shape index (κ3) is 4.16. The van der Waals surface area contributed by atoms with E-state index in [1.165, 1.54) is 24.5 Å². The van der Waals surface area contributed by atoms with Crippen LogP contribution in [0, 0.1) is 11.3 Å². The zero-order valence-corrected chi connectivity index (χ0v) is 12.1. The van der Waals surface area contributed by atoms with Gasteiger partial charge in [0, 0.05) is 5.38 Å². The molecule has 106 valence electrons. The van der Waals surface area contributed by atoms with E-state index in [0.29, 0.717) is 12.4 Å². The van der Waals surface area contributed by atoms with Crippen LogP contribution in [0.25, 0.3) is 6.08 Å². The van der Waals surface area contributed by atoms with Crippen molar-refractivity contribution in [3.63, 3.8) is 0 Å². The van der Waals surface area contributed by atoms with Crippen molar-refractivity contribution in [3.8, 4) is 11.8 Å². The van der Waals surface area contributed by atoms with Gasteiger partial charge in [-0.3, -0.25) is 0 Å². The highest BCUT2D eigenvalue weighted by atomic mass is 32.1. The molecule has 0 spiro atoms. The van der Waals surface area contributed by atoms with Gasteiger partial charge >= 0.3 is 5.97 Å². The number of benzene rings is 1. The van der Waals surface area contributed by atoms with E-state index in [2.05, 4.69) is 9.72 Å². The Morgan fingerprint density at radius 3 is 2.76 bits per heavy atom. The lowest BCUT2D eigenvalue weighted by molar-refractivity contribution is -0.135. The van der Waals surface area contributed by atoms with Crippen molar-refractivity contribution in [1.29, 1.82) is 5.26 Å². The van der Waals surface area contributed by atoms with Gasteiger partial charge < -0.3 is 9.47 Å². The predicted molar refractivity (Wildman–Crippen MR) is 78.5 cm³/mol. The van der Waals surface area contributed by atoms with Gasteiger partial charge in [0.1, 0.15) is 24.0 Å². The van der Waals surface area contributed by atoms with Crippen LogP contribution in [0.1, 0.15) is 11.3 Å². The summed E-state index contributed by atoms with van der Waals surface area (Å²) in [5.41, 5.74) is 3.30. The number of thiazole rings is 1. The Morgan fingerprint density at radius 1 is 1.43 bits per heavy atom. The average molecular weight is 300 g/mol. The number of nitriles is 1. The molecule has 1 aromatic heterocycles. The number of esters is 1. The molecule has 0 aliphatic carbocycles. The summed E-state index contributed by atoms with van der Waals surface area (Å²) in [6.07, 6.45) is 1.47. The normalized spacial score (nSPS) is 10.8. The summed E-state index contributed by atoms with van der Waals surface area (Å²) in [5, 5.41) is 10.8. The number of aromatic nitrogens is 1. The van der Waals surface area contributed by atoms with Gasteiger partial charge in [-0.1, -0.05) is 12.1 Å². The van der Waals surface area contributed by atoms with E-state index in [4.69, 9.17) is 10.00 Å². The van der Waals surface area contributed by atoms with Crippen LogP contribution in [0.3, 0.4) is 0 Å². The van der Waals surface area contributed by atoms with E-state index in [9.17, 15) is 4.79 Å². The zero-order chi connectivity index (χ0) is 15.1. The van der Waals surface area contributed by atoms with Gasteiger partial charge in [0.15, 0.2) is 0 Å². The highest BCUT2D eigenvalue weighted by Crippen LogP contribution is 2.16. The van der Waals surface area contributed by atoms with E-state index in [1.807, 2.05) is 11.4 Å². The molecule has 0 aliphatic rings. The molecule has 0 radical (unpaired) electrons. The maximum Gasteiger partial charge on any atom is 0.348 e. The van der Waals surface area contributed by atoms with Gasteiger partial charge in [-0.15, -0.1) is 11.3 Å². The molecule has 2 rings (SSSR count). The van der Waals surface area contributed by atoms with Crippen molar-refractivity contribution in [2.75, 3.05) is 7.11 Å². The number of methoxy groups -OCH3 is 1. The van der Waals surface area contributed by atoms with Gasteiger partial charge in [0.05, 0.1) is 18.3 Å². The monoisotopic (exact) mass is 300 g/mol. The summed E-state index contributed by atoms with van der Waals surface area (Å²) in [7, 11) is 1.24.